The maximum Gasteiger partial charge on any atom is 0.167 e. The van der Waals surface area contributed by atoms with Crippen molar-refractivity contribution in [3.8, 4) is 11.5 Å². The minimum Gasteiger partial charge on any atom is -0.497 e. The molecule has 53 heavy (non-hydrogen) atoms. The van der Waals surface area contributed by atoms with Gasteiger partial charge in [0, 0.05) is 0 Å². The molecule has 1 aliphatic rings. The molecule has 1 fully saturated rings. The molecule has 0 bridgehead atoms. The van der Waals surface area contributed by atoms with Gasteiger partial charge in [-0.25, -0.2) is 15.0 Å². The number of hydrogen-bond acceptors (Lipinski definition) is 10. The second kappa shape index (κ2) is 15.6. The van der Waals surface area contributed by atoms with Crippen molar-refractivity contribution in [1.29, 1.82) is 0 Å². The third-order valence-corrected chi connectivity index (χ3v) is 18.8. The molecule has 1 unspecified atom stereocenters. The second-order valence-corrected chi connectivity index (χ2v) is 20.9. The Morgan fingerprint density at radius 1 is 0.830 bits per heavy atom. The number of aromatic nitrogens is 4. The molecule has 282 valence electrons. The summed E-state index contributed by atoms with van der Waals surface area (Å²) in [4.78, 5) is 13.2. The van der Waals surface area contributed by atoms with Gasteiger partial charge in [-0.3, -0.25) is 4.57 Å². The Bertz CT molecular complexity index is 1880. The van der Waals surface area contributed by atoms with E-state index in [4.69, 9.17) is 29.4 Å². The Morgan fingerprint density at radius 3 is 1.91 bits per heavy atom. The lowest BCUT2D eigenvalue weighted by molar-refractivity contribution is -0.269. The number of hydrogen-bond donors (Lipinski definition) is 2. The molecule has 1 aliphatic heterocycles. The zero-order chi connectivity index (χ0) is 38.0. The van der Waals surface area contributed by atoms with Crippen LogP contribution < -0.4 is 15.2 Å². The summed E-state index contributed by atoms with van der Waals surface area (Å²) in [5, 5.41) is 13.2. The molecule has 6 rings (SSSR count). The minimum atomic E-state index is -2.66. The average molecular weight is 740 g/mol. The van der Waals surface area contributed by atoms with E-state index in [0.29, 0.717) is 11.2 Å². The fraction of sp³-hybridized carbons (Fsp3) is 0.439. The van der Waals surface area contributed by atoms with Crippen LogP contribution >= 0.6 is 0 Å². The zero-order valence-electron chi connectivity index (χ0n) is 32.0. The topological polar surface area (TPSA) is 136 Å². The highest BCUT2D eigenvalue weighted by Gasteiger charge is 2.60. The average Bonchev–Trinajstić information content (AvgIpc) is 3.61. The highest BCUT2D eigenvalue weighted by Crippen LogP contribution is 2.50. The first kappa shape index (κ1) is 38.4. The fourth-order valence-corrected chi connectivity index (χ4v) is 15.9. The highest BCUT2D eigenvalue weighted by molar-refractivity contribution is 6.84. The number of methoxy groups -OCH3 is 2. The van der Waals surface area contributed by atoms with Gasteiger partial charge in [-0.05, 0) is 57.6 Å². The Labute approximate surface area is 313 Å². The predicted molar refractivity (Wildman–Crippen MR) is 209 cm³/mol. The van der Waals surface area contributed by atoms with E-state index in [9.17, 15) is 5.11 Å². The Morgan fingerprint density at radius 2 is 1.38 bits per heavy atom. The maximum atomic E-state index is 13.2. The number of fused-ring (bicyclic) bond motifs is 1. The van der Waals surface area contributed by atoms with Crippen LogP contribution in [0.4, 0.5) is 5.82 Å². The largest absolute Gasteiger partial charge is 0.497 e. The molecule has 3 heterocycles. The van der Waals surface area contributed by atoms with Gasteiger partial charge >= 0.3 is 0 Å². The van der Waals surface area contributed by atoms with Crippen LogP contribution in [0.5, 0.6) is 11.5 Å². The van der Waals surface area contributed by atoms with E-state index in [0.717, 1.165) is 28.2 Å². The van der Waals surface area contributed by atoms with Crippen molar-refractivity contribution in [1.82, 2.24) is 19.5 Å². The van der Waals surface area contributed by atoms with Gasteiger partial charge in [0.15, 0.2) is 17.7 Å². The van der Waals surface area contributed by atoms with Crippen molar-refractivity contribution in [2.24, 2.45) is 0 Å². The third-order valence-electron chi connectivity index (χ3n) is 11.4. The summed E-state index contributed by atoms with van der Waals surface area (Å²) in [7, 11) is 0.645. The SMILES string of the molecule is COc1ccc(C(OC[C@]2(C(O)[Si](C(C)C)(C(C)C)C(C)C)COC[C@H](n3cnc4c(N)ncnc43)O2)(c2ccccc2)c2ccc(OC)cc2)cc1. The van der Waals surface area contributed by atoms with Crippen LogP contribution in [0.3, 0.4) is 0 Å². The van der Waals surface area contributed by atoms with Gasteiger partial charge in [-0.2, -0.15) is 0 Å². The van der Waals surface area contributed by atoms with Gasteiger partial charge in [0.05, 0.1) is 54.2 Å². The molecule has 0 radical (unpaired) electrons. The standard InChI is InChI=1S/C41H53N5O6Si/c1-27(2)53(28(3)4,29(5)6)39(47)40(23-50-22-35(52-40)46-26-45-36-37(42)43-25-44-38(36)46)24-51-41(30-12-10-9-11-13-30,31-14-18-33(48-7)19-15-31)32-16-20-34(49-8)21-17-32/h9-21,25-29,35,39,47H,22-24H2,1-8H3,(H2,42,43,44)/t35-,39?,40+/m1/s1. The molecule has 0 amide bonds. The lowest BCUT2D eigenvalue weighted by atomic mass is 9.79. The van der Waals surface area contributed by atoms with Crippen LogP contribution in [0.15, 0.2) is 91.5 Å². The number of ether oxygens (including phenoxy) is 5. The van der Waals surface area contributed by atoms with Crippen molar-refractivity contribution in [2.75, 3.05) is 39.8 Å². The molecule has 11 nitrogen and oxygen atoms in total. The monoisotopic (exact) mass is 739 g/mol. The first-order chi connectivity index (χ1) is 25.4. The van der Waals surface area contributed by atoms with E-state index < -0.39 is 31.2 Å². The van der Waals surface area contributed by atoms with Crippen LogP contribution in [-0.4, -0.2) is 78.1 Å². The zero-order valence-corrected chi connectivity index (χ0v) is 33.0. The normalized spacial score (nSPS) is 18.9. The lowest BCUT2D eigenvalue weighted by Gasteiger charge is -2.55. The van der Waals surface area contributed by atoms with Crippen molar-refractivity contribution < 1.29 is 28.8 Å². The Hall–Kier alpha value is -4.33. The van der Waals surface area contributed by atoms with Gasteiger partial charge in [0.1, 0.15) is 34.5 Å². The van der Waals surface area contributed by atoms with Crippen LogP contribution in [-0.2, 0) is 19.8 Å². The molecule has 2 aromatic heterocycles. The Kier molecular flexibility index (Phi) is 11.3. The van der Waals surface area contributed by atoms with Crippen molar-refractivity contribution in [3.63, 3.8) is 0 Å². The summed E-state index contributed by atoms with van der Waals surface area (Å²) >= 11 is 0. The number of aliphatic hydroxyl groups excluding tert-OH is 1. The number of anilines is 1. The van der Waals surface area contributed by atoms with Crippen LogP contribution in [0.1, 0.15) is 64.5 Å². The smallest absolute Gasteiger partial charge is 0.167 e. The van der Waals surface area contributed by atoms with Gasteiger partial charge in [-0.15, -0.1) is 0 Å². The molecule has 3 atom stereocenters. The fourth-order valence-electron chi connectivity index (χ4n) is 8.89. The quantitative estimate of drug-likeness (QED) is 0.0883. The molecule has 5 aromatic rings. The van der Waals surface area contributed by atoms with Gasteiger partial charge in [0.2, 0.25) is 0 Å². The first-order valence-electron chi connectivity index (χ1n) is 18.3. The molecule has 0 spiro atoms. The molecular formula is C41H53N5O6Si. The number of benzene rings is 3. The molecule has 0 aliphatic carbocycles. The van der Waals surface area contributed by atoms with Crippen LogP contribution in [0, 0.1) is 0 Å². The number of aliphatic hydroxyl groups is 1. The third kappa shape index (κ3) is 6.72. The van der Waals surface area contributed by atoms with E-state index >= 15 is 0 Å². The van der Waals surface area contributed by atoms with Gasteiger partial charge in [-0.1, -0.05) is 96.1 Å². The van der Waals surface area contributed by atoms with E-state index in [-0.39, 0.29) is 42.3 Å². The number of nitrogen functional groups attached to an aromatic ring is 1. The van der Waals surface area contributed by atoms with Crippen molar-refractivity contribution in [2.45, 2.75) is 81.3 Å². The number of rotatable bonds is 14. The molecule has 0 saturated carbocycles. The van der Waals surface area contributed by atoms with Gasteiger partial charge in [0.25, 0.3) is 0 Å². The summed E-state index contributed by atoms with van der Waals surface area (Å²) in [5.74, 6) is 1.73. The summed E-state index contributed by atoms with van der Waals surface area (Å²) < 4.78 is 34.2. The van der Waals surface area contributed by atoms with Crippen molar-refractivity contribution >= 4 is 25.1 Å². The van der Waals surface area contributed by atoms with E-state index in [1.165, 1.54) is 6.33 Å². The predicted octanol–water partition coefficient (Wildman–Crippen LogP) is 7.30. The Balaban J connectivity index is 1.56. The second-order valence-electron chi connectivity index (χ2n) is 14.9. The van der Waals surface area contributed by atoms with E-state index in [1.54, 1.807) is 20.5 Å². The van der Waals surface area contributed by atoms with E-state index in [1.807, 2.05) is 71.3 Å². The van der Waals surface area contributed by atoms with Gasteiger partial charge < -0.3 is 34.5 Å². The van der Waals surface area contributed by atoms with Crippen LogP contribution in [0.25, 0.3) is 11.2 Å². The lowest BCUT2D eigenvalue weighted by Crippen LogP contribution is -2.70. The summed E-state index contributed by atoms with van der Waals surface area (Å²) in [6, 6.07) is 26.0. The summed E-state index contributed by atoms with van der Waals surface area (Å²) in [5.41, 5.74) is 7.12. The van der Waals surface area contributed by atoms with Crippen LogP contribution in [0.2, 0.25) is 16.6 Å². The van der Waals surface area contributed by atoms with Crippen molar-refractivity contribution in [3.05, 3.63) is 108 Å². The molecule has 3 aromatic carbocycles. The maximum absolute atomic E-state index is 13.2. The highest BCUT2D eigenvalue weighted by atomic mass is 28.3. The molecule has 12 heteroatoms. The molecule has 1 saturated heterocycles. The number of nitrogens with two attached hydrogens (primary N) is 1. The summed E-state index contributed by atoms with van der Waals surface area (Å²) in [6.07, 6.45) is 2.37. The van der Waals surface area contributed by atoms with E-state index in [2.05, 4.69) is 68.6 Å². The molecular weight excluding hydrogens is 687 g/mol. The number of nitrogens with zero attached hydrogens (tertiary/aromatic N) is 4. The first-order valence-corrected chi connectivity index (χ1v) is 20.6. The summed E-state index contributed by atoms with van der Waals surface area (Å²) in [6.45, 7) is 13.7. The molecule has 3 N–H and O–H groups in total. The number of imidazole rings is 1. The minimum absolute atomic E-state index is 0.0116.